The standard InChI is InChI=1S/C25H34ClN7O3/c1-6-36-24-20(26)11-18(12-27-24)16(4)28-23-19-13-33(15(2)3)21(14-34)22(19)29-25(30-23)32-9-7-31(8-10-32)17(5)35/h11-12,14-16,21H,6-10,13H2,1-5H3,(H,28,29,30)/t16?,21-/m0/s1. The minimum atomic E-state index is -0.433. The lowest BCUT2D eigenvalue weighted by atomic mass is 10.1. The Morgan fingerprint density at radius 2 is 1.97 bits per heavy atom. The number of halogens is 1. The number of hydrogen-bond acceptors (Lipinski definition) is 9. The number of anilines is 2. The molecule has 0 aromatic carbocycles. The molecule has 1 fully saturated rings. The molecule has 1 amide bonds. The molecule has 194 valence electrons. The average molecular weight is 516 g/mol. The molecule has 4 rings (SSSR count). The molecular weight excluding hydrogens is 482 g/mol. The Morgan fingerprint density at radius 1 is 1.25 bits per heavy atom. The van der Waals surface area contributed by atoms with Crippen molar-refractivity contribution in [3.63, 3.8) is 0 Å². The van der Waals surface area contributed by atoms with Gasteiger partial charge in [-0.05, 0) is 39.3 Å². The van der Waals surface area contributed by atoms with Crippen molar-refractivity contribution >= 4 is 35.6 Å². The summed E-state index contributed by atoms with van der Waals surface area (Å²) in [5, 5.41) is 3.97. The smallest absolute Gasteiger partial charge is 0.232 e. The van der Waals surface area contributed by atoms with Crippen LogP contribution in [0.3, 0.4) is 0 Å². The largest absolute Gasteiger partial charge is 0.477 e. The second-order valence-electron chi connectivity index (χ2n) is 9.43. The van der Waals surface area contributed by atoms with Gasteiger partial charge in [-0.25, -0.2) is 9.97 Å². The number of aldehydes is 1. The van der Waals surface area contributed by atoms with Gasteiger partial charge in [-0.3, -0.25) is 9.69 Å². The number of hydrogen-bond donors (Lipinski definition) is 1. The molecule has 36 heavy (non-hydrogen) atoms. The number of ether oxygens (including phenoxy) is 1. The van der Waals surface area contributed by atoms with Crippen LogP contribution in [0.5, 0.6) is 5.88 Å². The first kappa shape index (κ1) is 26.1. The number of pyridine rings is 1. The normalized spacial score (nSPS) is 18.8. The summed E-state index contributed by atoms with van der Waals surface area (Å²) < 4.78 is 5.46. The highest BCUT2D eigenvalue weighted by atomic mass is 35.5. The van der Waals surface area contributed by atoms with Gasteiger partial charge in [0.25, 0.3) is 0 Å². The zero-order chi connectivity index (χ0) is 26.0. The van der Waals surface area contributed by atoms with Crippen molar-refractivity contribution in [2.24, 2.45) is 0 Å². The van der Waals surface area contributed by atoms with Crippen molar-refractivity contribution in [3.8, 4) is 5.88 Å². The predicted octanol–water partition coefficient (Wildman–Crippen LogP) is 3.23. The van der Waals surface area contributed by atoms with Crippen LogP contribution >= 0.6 is 11.6 Å². The Balaban J connectivity index is 1.67. The second kappa shape index (κ2) is 11.0. The third-order valence-electron chi connectivity index (χ3n) is 6.77. The SMILES string of the molecule is CCOc1ncc(C(C)Nc2nc(N3CCN(C(C)=O)CC3)nc3c2CN(C(C)C)[C@H]3C=O)cc1Cl. The molecule has 11 heteroatoms. The number of carbonyl (C=O) groups is 2. The maximum atomic E-state index is 12.2. The quantitative estimate of drug-likeness (QED) is 0.530. The molecule has 2 aliphatic rings. The molecule has 1 saturated heterocycles. The molecule has 1 N–H and O–H groups in total. The fraction of sp³-hybridized carbons (Fsp3) is 0.560. The van der Waals surface area contributed by atoms with E-state index in [1.165, 1.54) is 0 Å². The molecule has 2 atom stereocenters. The third kappa shape index (κ3) is 5.24. The lowest BCUT2D eigenvalue weighted by Gasteiger charge is -2.34. The van der Waals surface area contributed by atoms with Gasteiger partial charge in [0.2, 0.25) is 17.7 Å². The summed E-state index contributed by atoms with van der Waals surface area (Å²) in [5.41, 5.74) is 2.54. The Kier molecular flexibility index (Phi) is 7.94. The summed E-state index contributed by atoms with van der Waals surface area (Å²) in [7, 11) is 0. The van der Waals surface area contributed by atoms with Crippen molar-refractivity contribution in [2.75, 3.05) is 43.0 Å². The van der Waals surface area contributed by atoms with Crippen LogP contribution in [0.4, 0.5) is 11.8 Å². The molecule has 2 aromatic rings. The highest BCUT2D eigenvalue weighted by Crippen LogP contribution is 2.38. The van der Waals surface area contributed by atoms with Crippen LogP contribution in [-0.2, 0) is 16.1 Å². The first-order chi connectivity index (χ1) is 17.2. The highest BCUT2D eigenvalue weighted by Gasteiger charge is 2.37. The summed E-state index contributed by atoms with van der Waals surface area (Å²) >= 11 is 6.38. The van der Waals surface area contributed by atoms with E-state index in [1.54, 1.807) is 13.1 Å². The van der Waals surface area contributed by atoms with Crippen molar-refractivity contribution < 1.29 is 14.3 Å². The van der Waals surface area contributed by atoms with Crippen LogP contribution in [0.2, 0.25) is 5.02 Å². The van der Waals surface area contributed by atoms with Gasteiger partial charge < -0.3 is 24.6 Å². The fourth-order valence-corrected chi connectivity index (χ4v) is 4.89. The average Bonchev–Trinajstić information content (AvgIpc) is 3.24. The van der Waals surface area contributed by atoms with Crippen LogP contribution in [-0.4, -0.2) is 75.8 Å². The van der Waals surface area contributed by atoms with Crippen LogP contribution in [0, 0.1) is 0 Å². The fourth-order valence-electron chi connectivity index (χ4n) is 4.66. The van der Waals surface area contributed by atoms with E-state index in [1.807, 2.05) is 24.8 Å². The number of rotatable bonds is 8. The van der Waals surface area contributed by atoms with E-state index in [0.29, 0.717) is 62.0 Å². The van der Waals surface area contributed by atoms with Crippen LogP contribution in [0.25, 0.3) is 0 Å². The predicted molar refractivity (Wildman–Crippen MR) is 138 cm³/mol. The zero-order valence-corrected chi connectivity index (χ0v) is 22.2. The number of amides is 1. The molecule has 0 saturated carbocycles. The minimum absolute atomic E-state index is 0.0666. The summed E-state index contributed by atoms with van der Waals surface area (Å²) in [6.07, 6.45) is 2.70. The van der Waals surface area contributed by atoms with Crippen LogP contribution in [0.1, 0.15) is 63.5 Å². The van der Waals surface area contributed by atoms with Gasteiger partial charge in [0, 0.05) is 57.4 Å². The summed E-state index contributed by atoms with van der Waals surface area (Å²) in [6.45, 7) is 13.2. The highest BCUT2D eigenvalue weighted by molar-refractivity contribution is 6.31. The molecule has 0 radical (unpaired) electrons. The Bertz CT molecular complexity index is 1120. The first-order valence-corrected chi connectivity index (χ1v) is 12.8. The number of carbonyl (C=O) groups excluding carboxylic acids is 2. The van der Waals surface area contributed by atoms with Gasteiger partial charge in [-0.2, -0.15) is 4.98 Å². The lowest BCUT2D eigenvalue weighted by molar-refractivity contribution is -0.129. The second-order valence-corrected chi connectivity index (χ2v) is 9.84. The number of fused-ring (bicyclic) bond motifs is 1. The van der Waals surface area contributed by atoms with Crippen molar-refractivity contribution in [1.29, 1.82) is 0 Å². The maximum Gasteiger partial charge on any atom is 0.232 e. The molecule has 0 aliphatic carbocycles. The van der Waals surface area contributed by atoms with E-state index >= 15 is 0 Å². The summed E-state index contributed by atoms with van der Waals surface area (Å²) in [4.78, 5) is 44.1. The van der Waals surface area contributed by atoms with E-state index in [-0.39, 0.29) is 18.0 Å². The molecule has 2 aromatic heterocycles. The Labute approximate surface area is 217 Å². The number of nitrogens with one attached hydrogen (secondary N) is 1. The maximum absolute atomic E-state index is 12.2. The molecule has 0 spiro atoms. The molecule has 0 bridgehead atoms. The summed E-state index contributed by atoms with van der Waals surface area (Å²) in [5.74, 6) is 1.73. The van der Waals surface area contributed by atoms with Crippen LogP contribution < -0.4 is 15.0 Å². The van der Waals surface area contributed by atoms with Gasteiger partial charge >= 0.3 is 0 Å². The number of piperazine rings is 1. The van der Waals surface area contributed by atoms with E-state index in [4.69, 9.17) is 26.3 Å². The lowest BCUT2D eigenvalue weighted by Crippen LogP contribution is -2.48. The van der Waals surface area contributed by atoms with Crippen molar-refractivity contribution in [2.45, 2.75) is 59.3 Å². The van der Waals surface area contributed by atoms with Gasteiger partial charge in [-0.15, -0.1) is 0 Å². The minimum Gasteiger partial charge on any atom is -0.477 e. The first-order valence-electron chi connectivity index (χ1n) is 12.4. The molecule has 4 heterocycles. The van der Waals surface area contributed by atoms with Gasteiger partial charge in [0.15, 0.2) is 0 Å². The van der Waals surface area contributed by atoms with Gasteiger partial charge in [-0.1, -0.05) is 11.6 Å². The van der Waals surface area contributed by atoms with Gasteiger partial charge in [0.05, 0.1) is 18.3 Å². The number of aromatic nitrogens is 3. The Morgan fingerprint density at radius 3 is 2.56 bits per heavy atom. The van der Waals surface area contributed by atoms with Crippen molar-refractivity contribution in [3.05, 3.63) is 34.1 Å². The Hall–Kier alpha value is -2.98. The molecule has 10 nitrogen and oxygen atoms in total. The summed E-state index contributed by atoms with van der Waals surface area (Å²) in [6, 6.07) is 1.42. The molecule has 2 aliphatic heterocycles. The molecular formula is C25H34ClN7O3. The van der Waals surface area contributed by atoms with E-state index < -0.39 is 6.04 Å². The zero-order valence-electron chi connectivity index (χ0n) is 21.5. The molecule has 1 unspecified atom stereocenters. The van der Waals surface area contributed by atoms with E-state index in [2.05, 4.69) is 33.9 Å². The van der Waals surface area contributed by atoms with E-state index in [0.717, 1.165) is 23.1 Å². The van der Waals surface area contributed by atoms with Crippen LogP contribution in [0.15, 0.2) is 12.3 Å². The van der Waals surface area contributed by atoms with Crippen molar-refractivity contribution in [1.82, 2.24) is 24.8 Å². The monoisotopic (exact) mass is 515 g/mol. The third-order valence-corrected chi connectivity index (χ3v) is 7.04. The topological polar surface area (TPSA) is 104 Å². The van der Waals surface area contributed by atoms with E-state index in [9.17, 15) is 9.59 Å². The number of nitrogens with zero attached hydrogens (tertiary/aromatic N) is 6. The van der Waals surface area contributed by atoms with Gasteiger partial charge in [0.1, 0.15) is 23.2 Å².